The van der Waals surface area contributed by atoms with Gasteiger partial charge in [-0.15, -0.1) is 0 Å². The highest BCUT2D eigenvalue weighted by atomic mass is 19.1. The van der Waals surface area contributed by atoms with Crippen LogP contribution in [0.4, 0.5) is 25.1 Å². The number of hydrogen-bond donors (Lipinski definition) is 2. The fourth-order valence-corrected chi connectivity index (χ4v) is 3.21. The standard InChI is InChI=1S/C22H28F2N4O5/c1-4-9-31-18-11-15(23)17(10-16(18)24)27-20-19(29)21(26-12-25-20)33-14-5-7-28(8-6-14)22(30)32-13(2)3/h10-14,29H,4-9H2,1-3H3,(H,25,26,27). The number of hydrogen-bond acceptors (Lipinski definition) is 8. The van der Waals surface area contributed by atoms with Crippen LogP contribution in [0.5, 0.6) is 17.4 Å². The molecule has 0 saturated carbocycles. The van der Waals surface area contributed by atoms with Gasteiger partial charge in [-0.3, -0.25) is 0 Å². The number of likely N-dealkylation sites (tertiary alicyclic amines) is 1. The third-order valence-electron chi connectivity index (χ3n) is 4.84. The van der Waals surface area contributed by atoms with Gasteiger partial charge >= 0.3 is 6.09 Å². The molecule has 1 aromatic heterocycles. The Morgan fingerprint density at radius 3 is 2.64 bits per heavy atom. The van der Waals surface area contributed by atoms with Crippen LogP contribution in [0.1, 0.15) is 40.0 Å². The van der Waals surface area contributed by atoms with E-state index in [0.29, 0.717) is 32.4 Å². The summed E-state index contributed by atoms with van der Waals surface area (Å²) in [6.07, 6.45) is 1.94. The van der Waals surface area contributed by atoms with Crippen LogP contribution < -0.4 is 14.8 Å². The van der Waals surface area contributed by atoms with Crippen molar-refractivity contribution < 1.29 is 32.9 Å². The maximum atomic E-state index is 14.4. The molecule has 2 N–H and O–H groups in total. The molecule has 0 spiro atoms. The quantitative estimate of drug-likeness (QED) is 0.590. The molecule has 0 aliphatic carbocycles. The number of piperidine rings is 1. The number of carbonyl (C=O) groups excluding carboxylic acids is 1. The third kappa shape index (κ3) is 6.33. The number of anilines is 2. The first-order chi connectivity index (χ1) is 15.8. The zero-order valence-corrected chi connectivity index (χ0v) is 18.8. The number of aromatic nitrogens is 2. The Morgan fingerprint density at radius 2 is 1.97 bits per heavy atom. The van der Waals surface area contributed by atoms with Crippen molar-refractivity contribution in [2.24, 2.45) is 0 Å². The summed E-state index contributed by atoms with van der Waals surface area (Å²) >= 11 is 0. The van der Waals surface area contributed by atoms with E-state index in [9.17, 15) is 18.7 Å². The third-order valence-corrected chi connectivity index (χ3v) is 4.84. The van der Waals surface area contributed by atoms with Gasteiger partial charge in [0, 0.05) is 38.1 Å². The van der Waals surface area contributed by atoms with Crippen LogP contribution in [0.2, 0.25) is 0 Å². The van der Waals surface area contributed by atoms with Gasteiger partial charge in [0.25, 0.3) is 5.88 Å². The Labute approximate surface area is 190 Å². The van der Waals surface area contributed by atoms with Crippen LogP contribution in [0.3, 0.4) is 0 Å². The van der Waals surface area contributed by atoms with Crippen LogP contribution >= 0.6 is 0 Å². The topological polar surface area (TPSA) is 106 Å². The highest BCUT2D eigenvalue weighted by molar-refractivity contribution is 5.68. The van der Waals surface area contributed by atoms with Crippen LogP contribution in [-0.2, 0) is 4.74 Å². The van der Waals surface area contributed by atoms with Gasteiger partial charge in [0.2, 0.25) is 5.75 Å². The van der Waals surface area contributed by atoms with E-state index in [4.69, 9.17) is 14.2 Å². The summed E-state index contributed by atoms with van der Waals surface area (Å²) in [6.45, 7) is 6.55. The predicted octanol–water partition coefficient (Wildman–Crippen LogP) is 4.38. The number of benzene rings is 1. The number of ether oxygens (including phenoxy) is 3. The smallest absolute Gasteiger partial charge is 0.410 e. The summed E-state index contributed by atoms with van der Waals surface area (Å²) in [7, 11) is 0. The molecular formula is C22H28F2N4O5. The van der Waals surface area contributed by atoms with Gasteiger partial charge in [0.05, 0.1) is 18.4 Å². The van der Waals surface area contributed by atoms with Crippen molar-refractivity contribution in [3.05, 3.63) is 30.1 Å². The van der Waals surface area contributed by atoms with Gasteiger partial charge in [-0.1, -0.05) is 6.92 Å². The number of carbonyl (C=O) groups is 1. The monoisotopic (exact) mass is 466 g/mol. The van der Waals surface area contributed by atoms with Gasteiger partial charge in [0.15, 0.2) is 23.2 Å². The minimum absolute atomic E-state index is 0.0977. The van der Waals surface area contributed by atoms with Crippen LogP contribution in [-0.4, -0.2) is 58.0 Å². The first-order valence-corrected chi connectivity index (χ1v) is 10.8. The first kappa shape index (κ1) is 24.3. The lowest BCUT2D eigenvalue weighted by Gasteiger charge is -2.31. The van der Waals surface area contributed by atoms with E-state index >= 15 is 0 Å². The molecule has 0 unspecified atom stereocenters. The zero-order valence-electron chi connectivity index (χ0n) is 18.8. The average molecular weight is 466 g/mol. The summed E-state index contributed by atoms with van der Waals surface area (Å²) in [5.41, 5.74) is -0.228. The molecule has 33 heavy (non-hydrogen) atoms. The van der Waals surface area contributed by atoms with Gasteiger partial charge in [0.1, 0.15) is 12.4 Å². The number of amides is 1. The van der Waals surface area contributed by atoms with Gasteiger partial charge < -0.3 is 29.5 Å². The van der Waals surface area contributed by atoms with E-state index in [2.05, 4.69) is 15.3 Å². The highest BCUT2D eigenvalue weighted by Gasteiger charge is 2.27. The van der Waals surface area contributed by atoms with Crippen molar-refractivity contribution in [1.29, 1.82) is 0 Å². The Bertz CT molecular complexity index is 968. The van der Waals surface area contributed by atoms with Crippen molar-refractivity contribution in [2.45, 2.75) is 52.2 Å². The molecule has 1 fully saturated rings. The molecule has 2 heterocycles. The molecule has 1 aliphatic heterocycles. The molecule has 2 aromatic rings. The Balaban J connectivity index is 1.65. The lowest BCUT2D eigenvalue weighted by Crippen LogP contribution is -2.42. The maximum Gasteiger partial charge on any atom is 0.410 e. The molecule has 1 aliphatic rings. The van der Waals surface area contributed by atoms with E-state index < -0.39 is 17.4 Å². The van der Waals surface area contributed by atoms with Crippen molar-refractivity contribution in [2.75, 3.05) is 25.0 Å². The second-order valence-corrected chi connectivity index (χ2v) is 7.85. The van der Waals surface area contributed by atoms with E-state index in [-0.39, 0.29) is 48.0 Å². The summed E-state index contributed by atoms with van der Waals surface area (Å²) in [4.78, 5) is 21.4. The molecule has 11 heteroatoms. The van der Waals surface area contributed by atoms with E-state index in [1.54, 1.807) is 18.7 Å². The maximum absolute atomic E-state index is 14.4. The van der Waals surface area contributed by atoms with Crippen molar-refractivity contribution >= 4 is 17.6 Å². The minimum atomic E-state index is -0.774. The fraction of sp³-hybridized carbons (Fsp3) is 0.500. The first-order valence-electron chi connectivity index (χ1n) is 10.8. The van der Waals surface area contributed by atoms with Crippen LogP contribution in [0.25, 0.3) is 0 Å². The summed E-state index contributed by atoms with van der Waals surface area (Å²) in [5, 5.41) is 13.1. The molecule has 0 radical (unpaired) electrons. The van der Waals surface area contributed by atoms with E-state index in [1.807, 2.05) is 6.92 Å². The molecule has 3 rings (SSSR count). The van der Waals surface area contributed by atoms with Crippen LogP contribution in [0.15, 0.2) is 18.5 Å². The molecule has 0 atom stereocenters. The largest absolute Gasteiger partial charge is 0.501 e. The normalized spacial score (nSPS) is 14.3. The van der Waals surface area contributed by atoms with Crippen molar-refractivity contribution in [3.8, 4) is 17.4 Å². The SMILES string of the molecule is CCCOc1cc(F)c(Nc2ncnc(OC3CCN(C(=O)OC(C)C)CC3)c2O)cc1F. The molecule has 9 nitrogen and oxygen atoms in total. The van der Waals surface area contributed by atoms with Gasteiger partial charge in [-0.05, 0) is 20.3 Å². The van der Waals surface area contributed by atoms with Gasteiger partial charge in [-0.25, -0.2) is 18.6 Å². The Hall–Kier alpha value is -3.37. The molecule has 0 bridgehead atoms. The van der Waals surface area contributed by atoms with E-state index in [1.165, 1.54) is 0 Å². The number of nitrogens with one attached hydrogen (secondary N) is 1. The Kier molecular flexibility index (Phi) is 8.07. The van der Waals surface area contributed by atoms with Gasteiger partial charge in [-0.2, -0.15) is 4.98 Å². The summed E-state index contributed by atoms with van der Waals surface area (Å²) < 4.78 is 44.8. The second kappa shape index (κ2) is 11.0. The molecule has 1 aromatic carbocycles. The summed E-state index contributed by atoms with van der Waals surface area (Å²) in [5.74, 6) is -2.40. The zero-order chi connectivity index (χ0) is 24.0. The summed E-state index contributed by atoms with van der Waals surface area (Å²) in [6, 6.07) is 1.86. The number of nitrogens with zero attached hydrogens (tertiary/aromatic N) is 3. The molecule has 1 saturated heterocycles. The lowest BCUT2D eigenvalue weighted by atomic mass is 10.1. The fourth-order valence-electron chi connectivity index (χ4n) is 3.21. The average Bonchev–Trinajstić information content (AvgIpc) is 2.77. The molecular weight excluding hydrogens is 438 g/mol. The number of aromatic hydroxyl groups is 1. The Morgan fingerprint density at radius 1 is 1.24 bits per heavy atom. The minimum Gasteiger partial charge on any atom is -0.501 e. The van der Waals surface area contributed by atoms with E-state index in [0.717, 1.165) is 18.5 Å². The van der Waals surface area contributed by atoms with Crippen LogP contribution in [0, 0.1) is 11.6 Å². The number of halogens is 2. The van der Waals surface area contributed by atoms with Crippen molar-refractivity contribution in [1.82, 2.24) is 14.9 Å². The lowest BCUT2D eigenvalue weighted by molar-refractivity contribution is 0.0500. The molecule has 180 valence electrons. The number of rotatable bonds is 8. The predicted molar refractivity (Wildman–Crippen MR) is 116 cm³/mol. The second-order valence-electron chi connectivity index (χ2n) is 7.85. The highest BCUT2D eigenvalue weighted by Crippen LogP contribution is 2.35. The van der Waals surface area contributed by atoms with Crippen molar-refractivity contribution in [3.63, 3.8) is 0 Å². The molecule has 1 amide bonds.